The standard InChI is InChI=1S/C27H27F2NO4S/c1-27(2)26(20-10-8-19(9-11-20)18-6-4-3-5-7-18)35(32,33)30-25(34-27)16-21(14-15-31)23-13-12-22(28)17-24(23)29/h3-13,17,21,26,31H,14-16H2,1-2H3/t21-,26?/m1/s1. The number of ether oxygens (including phenoxy) is 1. The van der Waals surface area contributed by atoms with Crippen molar-refractivity contribution in [2.75, 3.05) is 6.61 Å². The molecule has 0 aliphatic carbocycles. The summed E-state index contributed by atoms with van der Waals surface area (Å²) >= 11 is 0. The summed E-state index contributed by atoms with van der Waals surface area (Å²) in [6.07, 6.45) is 0.0845. The normalized spacial score (nSPS) is 19.5. The predicted octanol–water partition coefficient (Wildman–Crippen LogP) is 5.77. The average Bonchev–Trinajstić information content (AvgIpc) is 2.78. The van der Waals surface area contributed by atoms with Crippen molar-refractivity contribution in [1.29, 1.82) is 0 Å². The number of rotatable bonds is 7. The van der Waals surface area contributed by atoms with Gasteiger partial charge >= 0.3 is 0 Å². The van der Waals surface area contributed by atoms with Crippen LogP contribution in [0.3, 0.4) is 0 Å². The first kappa shape index (κ1) is 25.0. The zero-order valence-electron chi connectivity index (χ0n) is 19.5. The molecule has 5 nitrogen and oxygen atoms in total. The Morgan fingerprint density at radius 1 is 1.00 bits per heavy atom. The molecule has 4 rings (SSSR count). The van der Waals surface area contributed by atoms with Crippen LogP contribution in [0.2, 0.25) is 0 Å². The van der Waals surface area contributed by atoms with Gasteiger partial charge in [-0.2, -0.15) is 0 Å². The number of hydrogen-bond acceptors (Lipinski definition) is 4. The Kier molecular flexibility index (Phi) is 7.05. The maximum Gasteiger partial charge on any atom is 0.267 e. The minimum atomic E-state index is -4.02. The lowest BCUT2D eigenvalue weighted by Gasteiger charge is -2.38. The van der Waals surface area contributed by atoms with Gasteiger partial charge in [-0.3, -0.25) is 0 Å². The maximum absolute atomic E-state index is 14.4. The van der Waals surface area contributed by atoms with Gasteiger partial charge in [0.2, 0.25) is 5.90 Å². The van der Waals surface area contributed by atoms with Crippen molar-refractivity contribution >= 4 is 15.9 Å². The molecule has 1 heterocycles. The van der Waals surface area contributed by atoms with E-state index in [1.54, 1.807) is 26.0 Å². The van der Waals surface area contributed by atoms with Crippen LogP contribution < -0.4 is 0 Å². The van der Waals surface area contributed by atoms with Crippen molar-refractivity contribution in [2.24, 2.45) is 4.40 Å². The molecule has 35 heavy (non-hydrogen) atoms. The number of aliphatic hydroxyl groups is 1. The smallest absolute Gasteiger partial charge is 0.267 e. The lowest BCUT2D eigenvalue weighted by atomic mass is 9.91. The Balaban J connectivity index is 1.63. The molecule has 8 heteroatoms. The van der Waals surface area contributed by atoms with Crippen molar-refractivity contribution in [3.63, 3.8) is 0 Å². The fourth-order valence-electron chi connectivity index (χ4n) is 4.63. The third-order valence-corrected chi connectivity index (χ3v) is 8.05. The van der Waals surface area contributed by atoms with Gasteiger partial charge in [0.25, 0.3) is 10.0 Å². The number of halogens is 2. The molecule has 0 amide bonds. The average molecular weight is 500 g/mol. The lowest BCUT2D eigenvalue weighted by Crippen LogP contribution is -2.43. The third kappa shape index (κ3) is 5.44. The Morgan fingerprint density at radius 3 is 2.26 bits per heavy atom. The molecular weight excluding hydrogens is 472 g/mol. The van der Waals surface area contributed by atoms with Crippen molar-refractivity contribution in [3.8, 4) is 11.1 Å². The van der Waals surface area contributed by atoms with Crippen molar-refractivity contribution in [2.45, 2.75) is 43.5 Å². The lowest BCUT2D eigenvalue weighted by molar-refractivity contribution is 0.0797. The highest BCUT2D eigenvalue weighted by molar-refractivity contribution is 7.90. The predicted molar refractivity (Wildman–Crippen MR) is 132 cm³/mol. The summed E-state index contributed by atoms with van der Waals surface area (Å²) in [7, 11) is -4.02. The minimum Gasteiger partial charge on any atom is -0.472 e. The molecule has 1 aliphatic heterocycles. The second kappa shape index (κ2) is 9.87. The van der Waals surface area contributed by atoms with Crippen LogP contribution in [-0.2, 0) is 14.8 Å². The number of benzene rings is 3. The zero-order valence-corrected chi connectivity index (χ0v) is 20.3. The van der Waals surface area contributed by atoms with Gasteiger partial charge in [-0.05, 0) is 54.5 Å². The topological polar surface area (TPSA) is 76.0 Å². The van der Waals surface area contributed by atoms with E-state index < -0.39 is 38.4 Å². The molecule has 1 unspecified atom stereocenters. The monoisotopic (exact) mass is 499 g/mol. The maximum atomic E-state index is 14.4. The summed E-state index contributed by atoms with van der Waals surface area (Å²) in [5.41, 5.74) is 1.53. The Hall–Kier alpha value is -3.10. The number of aliphatic hydroxyl groups excluding tert-OH is 1. The number of hydrogen-bond donors (Lipinski definition) is 1. The van der Waals surface area contributed by atoms with Gasteiger partial charge in [-0.25, -0.2) is 17.2 Å². The quantitative estimate of drug-likeness (QED) is 0.448. The SMILES string of the molecule is CC1(C)OC(C[C@@H](CCO)c2ccc(F)cc2F)=NS(=O)(=O)C1c1ccc(-c2ccccc2)cc1. The van der Waals surface area contributed by atoms with Gasteiger partial charge in [0.15, 0.2) is 0 Å². The van der Waals surface area contributed by atoms with Crippen LogP contribution >= 0.6 is 0 Å². The fourth-order valence-corrected chi connectivity index (χ4v) is 6.40. The fraction of sp³-hybridized carbons (Fsp3) is 0.296. The number of nitrogens with zero attached hydrogens (tertiary/aromatic N) is 1. The minimum absolute atomic E-state index is 0.0502. The summed E-state index contributed by atoms with van der Waals surface area (Å²) in [4.78, 5) is 0. The van der Waals surface area contributed by atoms with E-state index in [0.29, 0.717) is 5.56 Å². The number of sulfonamides is 1. The van der Waals surface area contributed by atoms with E-state index in [0.717, 1.165) is 23.3 Å². The van der Waals surface area contributed by atoms with E-state index in [-0.39, 0.29) is 30.9 Å². The van der Waals surface area contributed by atoms with Gasteiger partial charge in [-0.15, -0.1) is 4.40 Å². The van der Waals surface area contributed by atoms with E-state index in [2.05, 4.69) is 4.40 Å². The highest BCUT2D eigenvalue weighted by atomic mass is 32.2. The first-order chi connectivity index (χ1) is 16.6. The van der Waals surface area contributed by atoms with E-state index in [4.69, 9.17) is 4.74 Å². The van der Waals surface area contributed by atoms with Crippen molar-refractivity contribution < 1.29 is 27.0 Å². The molecule has 1 N–H and O–H groups in total. The van der Waals surface area contributed by atoms with Crippen LogP contribution in [-0.4, -0.2) is 31.6 Å². The summed E-state index contributed by atoms with van der Waals surface area (Å²) < 4.78 is 64.4. The summed E-state index contributed by atoms with van der Waals surface area (Å²) in [5.74, 6) is -2.18. The van der Waals surface area contributed by atoms with Gasteiger partial charge in [0.1, 0.15) is 22.5 Å². The highest BCUT2D eigenvalue weighted by Crippen LogP contribution is 2.42. The van der Waals surface area contributed by atoms with E-state index in [9.17, 15) is 22.3 Å². The summed E-state index contributed by atoms with van der Waals surface area (Å²) in [6, 6.07) is 20.2. The van der Waals surface area contributed by atoms with Crippen LogP contribution in [0.5, 0.6) is 0 Å². The second-order valence-electron chi connectivity index (χ2n) is 9.15. The summed E-state index contributed by atoms with van der Waals surface area (Å²) in [6.45, 7) is 3.09. The summed E-state index contributed by atoms with van der Waals surface area (Å²) in [5, 5.41) is 8.44. The van der Waals surface area contributed by atoms with E-state index in [1.807, 2.05) is 42.5 Å². The van der Waals surface area contributed by atoms with Gasteiger partial charge in [0.05, 0.1) is 0 Å². The third-order valence-electron chi connectivity index (χ3n) is 6.16. The molecule has 0 fully saturated rings. The molecular formula is C27H27F2NO4S. The zero-order chi connectivity index (χ0) is 25.2. The molecule has 0 aromatic heterocycles. The van der Waals surface area contributed by atoms with Crippen LogP contribution in [0.15, 0.2) is 77.2 Å². The molecule has 3 aromatic carbocycles. The molecule has 1 aliphatic rings. The second-order valence-corrected chi connectivity index (χ2v) is 10.8. The van der Waals surface area contributed by atoms with Crippen LogP contribution in [0, 0.1) is 11.6 Å². The molecule has 3 aromatic rings. The molecule has 2 atom stereocenters. The van der Waals surface area contributed by atoms with E-state index in [1.165, 1.54) is 6.07 Å². The molecule has 0 saturated carbocycles. The van der Waals surface area contributed by atoms with Gasteiger partial charge < -0.3 is 9.84 Å². The highest BCUT2D eigenvalue weighted by Gasteiger charge is 2.47. The Morgan fingerprint density at radius 2 is 1.66 bits per heavy atom. The van der Waals surface area contributed by atoms with Crippen molar-refractivity contribution in [1.82, 2.24) is 0 Å². The van der Waals surface area contributed by atoms with Crippen LogP contribution in [0.25, 0.3) is 11.1 Å². The Labute approximate surface area is 204 Å². The first-order valence-electron chi connectivity index (χ1n) is 11.3. The Bertz CT molecular complexity index is 1320. The first-order valence-corrected chi connectivity index (χ1v) is 12.8. The largest absolute Gasteiger partial charge is 0.472 e. The van der Waals surface area contributed by atoms with Crippen LogP contribution in [0.4, 0.5) is 8.78 Å². The molecule has 0 bridgehead atoms. The van der Waals surface area contributed by atoms with Crippen LogP contribution in [0.1, 0.15) is 49.0 Å². The van der Waals surface area contributed by atoms with Gasteiger partial charge in [-0.1, -0.05) is 60.7 Å². The molecule has 0 saturated heterocycles. The van der Waals surface area contributed by atoms with Crippen molar-refractivity contribution in [3.05, 3.63) is 95.6 Å². The van der Waals surface area contributed by atoms with E-state index >= 15 is 0 Å². The van der Waals surface area contributed by atoms with Gasteiger partial charge in [0, 0.05) is 19.1 Å². The molecule has 184 valence electrons. The molecule has 0 radical (unpaired) electrons. The molecule has 0 spiro atoms.